The zero-order valence-corrected chi connectivity index (χ0v) is 15.1. The number of halogens is 1. The fourth-order valence-electron chi connectivity index (χ4n) is 3.90. The topological polar surface area (TPSA) is 45.2 Å². The van der Waals surface area contributed by atoms with Crippen molar-refractivity contribution in [1.82, 2.24) is 15.2 Å². The molecule has 5 rings (SSSR count). The Kier molecular flexibility index (Phi) is 4.33. The Morgan fingerprint density at radius 1 is 1.29 bits per heavy atom. The summed E-state index contributed by atoms with van der Waals surface area (Å²) in [5.41, 5.74) is 0.986. The normalized spacial score (nSPS) is 28.8. The van der Waals surface area contributed by atoms with Crippen LogP contribution in [0.2, 0.25) is 5.15 Å². The second-order valence-electron chi connectivity index (χ2n) is 6.65. The number of carbonyl (C=O) groups excluding carboxylic acids is 1. The smallest absolute Gasteiger partial charge is 0.261 e. The molecule has 126 valence electrons. The van der Waals surface area contributed by atoms with Crippen LogP contribution < -0.4 is 5.32 Å². The van der Waals surface area contributed by atoms with Crippen molar-refractivity contribution in [3.8, 4) is 10.4 Å². The molecule has 3 aliphatic rings. The van der Waals surface area contributed by atoms with Gasteiger partial charge in [-0.2, -0.15) is 0 Å². The van der Waals surface area contributed by atoms with Gasteiger partial charge in [-0.15, -0.1) is 11.3 Å². The lowest BCUT2D eigenvalue weighted by Gasteiger charge is -2.49. The molecule has 1 amide bonds. The van der Waals surface area contributed by atoms with E-state index in [2.05, 4.69) is 22.1 Å². The molecule has 24 heavy (non-hydrogen) atoms. The van der Waals surface area contributed by atoms with Crippen LogP contribution in [0.4, 0.5) is 0 Å². The Balaban J connectivity index is 1.48. The number of rotatable bonds is 3. The van der Waals surface area contributed by atoms with Gasteiger partial charge in [0.25, 0.3) is 5.91 Å². The molecule has 2 bridgehead atoms. The monoisotopic (exact) mass is 361 g/mol. The van der Waals surface area contributed by atoms with Gasteiger partial charge < -0.3 is 5.32 Å². The molecule has 0 unspecified atom stereocenters. The van der Waals surface area contributed by atoms with E-state index in [1.807, 2.05) is 18.2 Å². The molecule has 6 heteroatoms. The van der Waals surface area contributed by atoms with Gasteiger partial charge in [-0.3, -0.25) is 9.69 Å². The van der Waals surface area contributed by atoms with Gasteiger partial charge in [0.15, 0.2) is 0 Å². The summed E-state index contributed by atoms with van der Waals surface area (Å²) in [6.07, 6.45) is 4.13. The van der Waals surface area contributed by atoms with E-state index in [1.165, 1.54) is 37.3 Å². The van der Waals surface area contributed by atoms with Crippen molar-refractivity contribution in [3.05, 3.63) is 40.5 Å². The number of hydrogen-bond acceptors (Lipinski definition) is 4. The van der Waals surface area contributed by atoms with Crippen molar-refractivity contribution in [2.75, 3.05) is 13.1 Å². The molecule has 4 nitrogen and oxygen atoms in total. The van der Waals surface area contributed by atoms with Gasteiger partial charge in [-0.1, -0.05) is 11.6 Å². The molecule has 2 aromatic heterocycles. The fourth-order valence-corrected chi connectivity index (χ4v) is 4.92. The first-order chi connectivity index (χ1) is 11.6. The average Bonchev–Trinajstić information content (AvgIpc) is 3.09. The highest BCUT2D eigenvalue weighted by atomic mass is 35.5. The van der Waals surface area contributed by atoms with Crippen molar-refractivity contribution >= 4 is 28.8 Å². The number of nitrogens with one attached hydrogen (secondary N) is 1. The molecular formula is C18H20ClN3OS. The minimum Gasteiger partial charge on any atom is -0.347 e. The number of thiophene rings is 1. The van der Waals surface area contributed by atoms with E-state index < -0.39 is 0 Å². The lowest BCUT2D eigenvalue weighted by atomic mass is 9.79. The first-order valence-corrected chi connectivity index (χ1v) is 9.58. The molecule has 3 saturated heterocycles. The van der Waals surface area contributed by atoms with Crippen LogP contribution in [0.5, 0.6) is 0 Å². The third-order valence-electron chi connectivity index (χ3n) is 5.32. The summed E-state index contributed by atoms with van der Waals surface area (Å²) in [5, 5.41) is 3.76. The molecule has 5 heterocycles. The zero-order valence-electron chi connectivity index (χ0n) is 13.5. The average molecular weight is 362 g/mol. The number of pyridine rings is 1. The quantitative estimate of drug-likeness (QED) is 0.848. The maximum atomic E-state index is 12.7. The maximum absolute atomic E-state index is 12.7. The highest BCUT2D eigenvalue weighted by molar-refractivity contribution is 7.17. The van der Waals surface area contributed by atoms with Crippen LogP contribution >= 0.6 is 22.9 Å². The van der Waals surface area contributed by atoms with E-state index in [9.17, 15) is 4.79 Å². The van der Waals surface area contributed by atoms with Crippen molar-refractivity contribution in [2.24, 2.45) is 5.92 Å². The summed E-state index contributed by atoms with van der Waals surface area (Å²) in [5.74, 6) is 0.660. The van der Waals surface area contributed by atoms with Crippen LogP contribution in [0.3, 0.4) is 0 Å². The van der Waals surface area contributed by atoms with Crippen LogP contribution in [0.1, 0.15) is 29.4 Å². The van der Waals surface area contributed by atoms with Crippen molar-refractivity contribution in [2.45, 2.75) is 31.8 Å². The molecule has 3 fully saturated rings. The SMILES string of the molecule is C[C@H]1[C@H](NC(=O)c2ccc(-c3ccc(Cl)nc3)s2)C2CCN1CC2. The first-order valence-electron chi connectivity index (χ1n) is 8.38. The maximum Gasteiger partial charge on any atom is 0.261 e. The van der Waals surface area contributed by atoms with E-state index in [1.54, 1.807) is 12.3 Å². The standard InChI is InChI=1S/C18H20ClN3OS/c1-11-17(12-6-8-22(11)9-7-12)21-18(23)15-4-3-14(24-15)13-2-5-16(19)20-10-13/h2-5,10-12,17H,6-9H2,1H3,(H,21,23)/t11-,17-/m0/s1. The van der Waals surface area contributed by atoms with E-state index in [4.69, 9.17) is 11.6 Å². The number of hydrogen-bond donors (Lipinski definition) is 1. The highest BCUT2D eigenvalue weighted by Gasteiger charge is 2.40. The molecule has 2 atom stereocenters. The Hall–Kier alpha value is -1.43. The van der Waals surface area contributed by atoms with Gasteiger partial charge in [0.2, 0.25) is 0 Å². The van der Waals surface area contributed by atoms with Gasteiger partial charge >= 0.3 is 0 Å². The largest absolute Gasteiger partial charge is 0.347 e. The Bertz CT molecular complexity index is 735. The Morgan fingerprint density at radius 2 is 2.08 bits per heavy atom. The van der Waals surface area contributed by atoms with Gasteiger partial charge in [-0.05, 0) is 63.0 Å². The number of piperidine rings is 3. The van der Waals surface area contributed by atoms with E-state index in [0.717, 1.165) is 15.3 Å². The van der Waals surface area contributed by atoms with E-state index >= 15 is 0 Å². The van der Waals surface area contributed by atoms with Crippen LogP contribution in [-0.4, -0.2) is 41.0 Å². The summed E-state index contributed by atoms with van der Waals surface area (Å²) in [4.78, 5) is 21.1. The van der Waals surface area contributed by atoms with E-state index in [-0.39, 0.29) is 11.9 Å². The molecule has 1 N–H and O–H groups in total. The lowest BCUT2D eigenvalue weighted by molar-refractivity contribution is 0.0218. The molecule has 0 aliphatic carbocycles. The van der Waals surface area contributed by atoms with Crippen molar-refractivity contribution < 1.29 is 4.79 Å². The van der Waals surface area contributed by atoms with Gasteiger partial charge in [0, 0.05) is 28.7 Å². The van der Waals surface area contributed by atoms with Crippen LogP contribution in [0.15, 0.2) is 30.5 Å². The number of fused-ring (bicyclic) bond motifs is 3. The predicted octanol–water partition coefficient (Wildman–Crippen LogP) is 3.68. The summed E-state index contributed by atoms with van der Waals surface area (Å²) >= 11 is 7.33. The third-order valence-corrected chi connectivity index (χ3v) is 6.67. The molecule has 0 aromatic carbocycles. The molecule has 0 radical (unpaired) electrons. The number of amides is 1. The summed E-state index contributed by atoms with van der Waals surface area (Å²) < 4.78 is 0. The molecule has 0 saturated carbocycles. The molecule has 2 aromatic rings. The predicted molar refractivity (Wildman–Crippen MR) is 97.6 cm³/mol. The van der Waals surface area contributed by atoms with Crippen LogP contribution in [-0.2, 0) is 0 Å². The third kappa shape index (κ3) is 2.96. The number of nitrogens with zero attached hydrogens (tertiary/aromatic N) is 2. The van der Waals surface area contributed by atoms with E-state index in [0.29, 0.717) is 17.1 Å². The number of aromatic nitrogens is 1. The zero-order chi connectivity index (χ0) is 16.7. The second kappa shape index (κ2) is 6.47. The Labute approximate surface area is 150 Å². The summed E-state index contributed by atoms with van der Waals surface area (Å²) in [6, 6.07) is 8.27. The van der Waals surface area contributed by atoms with Crippen molar-refractivity contribution in [1.29, 1.82) is 0 Å². The molecular weight excluding hydrogens is 342 g/mol. The molecule has 0 spiro atoms. The first kappa shape index (κ1) is 16.1. The summed E-state index contributed by atoms with van der Waals surface area (Å²) in [6.45, 7) is 4.57. The Morgan fingerprint density at radius 3 is 2.75 bits per heavy atom. The minimum absolute atomic E-state index is 0.0405. The van der Waals surface area contributed by atoms with Crippen molar-refractivity contribution in [3.63, 3.8) is 0 Å². The fraction of sp³-hybridized carbons (Fsp3) is 0.444. The van der Waals surface area contributed by atoms with Gasteiger partial charge in [-0.25, -0.2) is 4.98 Å². The van der Waals surface area contributed by atoms with Gasteiger partial charge in [0.1, 0.15) is 5.15 Å². The van der Waals surface area contributed by atoms with Gasteiger partial charge in [0.05, 0.1) is 4.88 Å². The highest BCUT2D eigenvalue weighted by Crippen LogP contribution is 2.33. The minimum atomic E-state index is 0.0405. The lowest BCUT2D eigenvalue weighted by Crippen LogP contribution is -2.62. The summed E-state index contributed by atoms with van der Waals surface area (Å²) in [7, 11) is 0. The number of carbonyl (C=O) groups is 1. The van der Waals surface area contributed by atoms with Crippen LogP contribution in [0, 0.1) is 5.92 Å². The van der Waals surface area contributed by atoms with Crippen LogP contribution in [0.25, 0.3) is 10.4 Å². The molecule has 3 aliphatic heterocycles. The second-order valence-corrected chi connectivity index (χ2v) is 8.12.